The molecule has 1 atom stereocenters. The van der Waals surface area contributed by atoms with Crippen LogP contribution in [0.2, 0.25) is 0 Å². The number of carbonyl (C=O) groups excluding carboxylic acids is 3. The molecule has 0 bridgehead atoms. The molecule has 0 aliphatic carbocycles. The van der Waals surface area contributed by atoms with Crippen LogP contribution in [0, 0.1) is 11.8 Å². The summed E-state index contributed by atoms with van der Waals surface area (Å²) in [6.45, 7) is 2.56. The van der Waals surface area contributed by atoms with Crippen molar-refractivity contribution >= 4 is 17.7 Å². The maximum Gasteiger partial charge on any atom is 0.234 e. The van der Waals surface area contributed by atoms with E-state index in [1.807, 2.05) is 0 Å². The fourth-order valence-electron chi connectivity index (χ4n) is 2.08. The number of primary amides is 1. The molecule has 108 valence electrons. The van der Waals surface area contributed by atoms with Crippen LogP contribution >= 0.6 is 0 Å². The lowest BCUT2D eigenvalue weighted by molar-refractivity contribution is -0.142. The number of amides is 3. The van der Waals surface area contributed by atoms with Crippen LogP contribution in [0.4, 0.5) is 0 Å². The summed E-state index contributed by atoms with van der Waals surface area (Å²) < 4.78 is 0. The van der Waals surface area contributed by atoms with Gasteiger partial charge in [-0.15, -0.1) is 0 Å². The molecule has 1 fully saturated rings. The van der Waals surface area contributed by atoms with Crippen LogP contribution in [-0.4, -0.2) is 54.0 Å². The maximum absolute atomic E-state index is 11.9. The number of nitrogens with two attached hydrogens (primary N) is 1. The van der Waals surface area contributed by atoms with E-state index in [1.165, 1.54) is 6.92 Å². The molecule has 1 aliphatic heterocycles. The van der Waals surface area contributed by atoms with Crippen molar-refractivity contribution in [3.63, 3.8) is 0 Å². The Bertz CT molecular complexity index is 351. The first-order valence-electron chi connectivity index (χ1n) is 6.44. The number of likely N-dealkylation sites (tertiary alicyclic amines) is 1. The van der Waals surface area contributed by atoms with Gasteiger partial charge in [0.25, 0.3) is 0 Å². The van der Waals surface area contributed by atoms with Crippen LogP contribution in [0.25, 0.3) is 0 Å². The minimum absolute atomic E-state index is 0.0841. The lowest BCUT2D eigenvalue weighted by Crippen LogP contribution is -2.47. The maximum atomic E-state index is 11.9. The molecule has 0 spiro atoms. The van der Waals surface area contributed by atoms with Gasteiger partial charge in [0.2, 0.25) is 17.7 Å². The third-order valence-corrected chi connectivity index (χ3v) is 3.39. The molecule has 3 amide bonds. The average Bonchev–Trinajstić information content (AvgIpc) is 2.43. The number of rotatable bonds is 5. The molecule has 0 aromatic heterocycles. The van der Waals surface area contributed by atoms with E-state index in [2.05, 4.69) is 5.32 Å². The minimum atomic E-state index is -0.820. The highest BCUT2D eigenvalue weighted by Gasteiger charge is 2.30. The van der Waals surface area contributed by atoms with Crippen molar-refractivity contribution in [3.8, 4) is 0 Å². The number of nitrogens with zero attached hydrogens (tertiary/aromatic N) is 1. The lowest BCUT2D eigenvalue weighted by Gasteiger charge is -2.32. The van der Waals surface area contributed by atoms with E-state index in [0.29, 0.717) is 25.9 Å². The van der Waals surface area contributed by atoms with Crippen LogP contribution in [0.1, 0.15) is 19.8 Å². The minimum Gasteiger partial charge on any atom is -0.395 e. The van der Waals surface area contributed by atoms with Crippen molar-refractivity contribution in [1.82, 2.24) is 10.2 Å². The van der Waals surface area contributed by atoms with Crippen molar-refractivity contribution in [3.05, 3.63) is 0 Å². The molecule has 1 aliphatic rings. The summed E-state index contributed by atoms with van der Waals surface area (Å²) in [5, 5.41) is 11.3. The Balaban J connectivity index is 2.42. The van der Waals surface area contributed by atoms with E-state index in [9.17, 15) is 14.4 Å². The van der Waals surface area contributed by atoms with Crippen LogP contribution in [0.5, 0.6) is 0 Å². The van der Waals surface area contributed by atoms with Crippen molar-refractivity contribution < 1.29 is 19.5 Å². The number of carbonyl (C=O) groups is 3. The molecule has 1 heterocycles. The monoisotopic (exact) mass is 271 g/mol. The van der Waals surface area contributed by atoms with Gasteiger partial charge in [-0.25, -0.2) is 0 Å². The summed E-state index contributed by atoms with van der Waals surface area (Å²) in [5.41, 5.74) is 5.10. The number of nitrogens with one attached hydrogen (secondary N) is 1. The van der Waals surface area contributed by atoms with E-state index < -0.39 is 11.8 Å². The molecule has 7 nitrogen and oxygen atoms in total. The van der Waals surface area contributed by atoms with Gasteiger partial charge in [0.15, 0.2) is 0 Å². The third kappa shape index (κ3) is 4.20. The van der Waals surface area contributed by atoms with Gasteiger partial charge in [-0.05, 0) is 19.8 Å². The largest absolute Gasteiger partial charge is 0.395 e. The predicted octanol–water partition coefficient (Wildman–Crippen LogP) is -1.55. The second-order valence-corrected chi connectivity index (χ2v) is 4.74. The van der Waals surface area contributed by atoms with Crippen molar-refractivity contribution in [2.45, 2.75) is 19.8 Å². The van der Waals surface area contributed by atoms with Crippen molar-refractivity contribution in [1.29, 1.82) is 0 Å². The Morgan fingerprint density at radius 1 is 1.37 bits per heavy atom. The van der Waals surface area contributed by atoms with Crippen molar-refractivity contribution in [2.24, 2.45) is 17.6 Å². The first kappa shape index (κ1) is 15.4. The summed E-state index contributed by atoms with van der Waals surface area (Å²) in [4.78, 5) is 36.1. The number of aliphatic hydroxyl groups is 1. The number of hydrogen-bond acceptors (Lipinski definition) is 4. The highest BCUT2D eigenvalue weighted by molar-refractivity contribution is 5.99. The first-order chi connectivity index (χ1) is 8.97. The first-order valence-corrected chi connectivity index (χ1v) is 6.44. The fourth-order valence-corrected chi connectivity index (χ4v) is 2.08. The smallest absolute Gasteiger partial charge is 0.234 e. The van der Waals surface area contributed by atoms with Gasteiger partial charge in [-0.3, -0.25) is 14.4 Å². The van der Waals surface area contributed by atoms with E-state index in [0.717, 1.165) is 0 Å². The summed E-state index contributed by atoms with van der Waals surface area (Å²) >= 11 is 0. The molecular formula is C12H21N3O4. The molecule has 1 unspecified atom stereocenters. The van der Waals surface area contributed by atoms with Gasteiger partial charge in [-0.2, -0.15) is 0 Å². The predicted molar refractivity (Wildman–Crippen MR) is 67.8 cm³/mol. The second-order valence-electron chi connectivity index (χ2n) is 4.74. The zero-order valence-electron chi connectivity index (χ0n) is 11.1. The third-order valence-electron chi connectivity index (χ3n) is 3.39. The number of aliphatic hydroxyl groups excluding tert-OH is 1. The normalized spacial score (nSPS) is 17.9. The van der Waals surface area contributed by atoms with Gasteiger partial charge in [0.1, 0.15) is 5.92 Å². The molecule has 0 radical (unpaired) electrons. The molecule has 4 N–H and O–H groups in total. The Morgan fingerprint density at radius 3 is 2.42 bits per heavy atom. The summed E-state index contributed by atoms with van der Waals surface area (Å²) in [6.07, 6.45) is 1.13. The second kappa shape index (κ2) is 7.08. The van der Waals surface area contributed by atoms with Gasteiger partial charge in [0.05, 0.1) is 6.61 Å². The summed E-state index contributed by atoms with van der Waals surface area (Å²) in [7, 11) is 0. The van der Waals surface area contributed by atoms with Crippen molar-refractivity contribution in [2.75, 3.05) is 26.2 Å². The van der Waals surface area contributed by atoms with Gasteiger partial charge >= 0.3 is 0 Å². The van der Waals surface area contributed by atoms with Gasteiger partial charge in [0, 0.05) is 25.6 Å². The quantitative estimate of drug-likeness (QED) is 0.526. The van der Waals surface area contributed by atoms with Gasteiger partial charge in [-0.1, -0.05) is 0 Å². The Hall–Kier alpha value is -1.63. The van der Waals surface area contributed by atoms with Crippen LogP contribution in [0.3, 0.4) is 0 Å². The average molecular weight is 271 g/mol. The van der Waals surface area contributed by atoms with Crippen LogP contribution in [-0.2, 0) is 14.4 Å². The van der Waals surface area contributed by atoms with E-state index in [-0.39, 0.29) is 30.9 Å². The SMILES string of the molecule is CC(C(N)=O)C(=O)N1CCC(C(=O)NCCO)CC1. The Kier molecular flexibility index (Phi) is 5.75. The fraction of sp³-hybridized carbons (Fsp3) is 0.750. The van der Waals surface area contributed by atoms with Crippen LogP contribution in [0.15, 0.2) is 0 Å². The lowest BCUT2D eigenvalue weighted by atomic mass is 9.95. The number of hydrogen-bond donors (Lipinski definition) is 3. The summed E-state index contributed by atoms with van der Waals surface area (Å²) in [5.74, 6) is -1.96. The zero-order chi connectivity index (χ0) is 14.4. The molecule has 0 saturated carbocycles. The Labute approximate surface area is 112 Å². The highest BCUT2D eigenvalue weighted by atomic mass is 16.3. The molecule has 0 aromatic carbocycles. The molecule has 7 heteroatoms. The van der Waals surface area contributed by atoms with E-state index >= 15 is 0 Å². The zero-order valence-corrected chi connectivity index (χ0v) is 11.1. The van der Waals surface area contributed by atoms with Gasteiger partial charge < -0.3 is 21.1 Å². The molecule has 0 aromatic rings. The van der Waals surface area contributed by atoms with E-state index in [1.54, 1.807) is 4.90 Å². The standard InChI is InChI=1S/C12H21N3O4/c1-8(10(13)17)12(19)15-5-2-9(3-6-15)11(18)14-4-7-16/h8-9,16H,2-7H2,1H3,(H2,13,17)(H,14,18). The van der Waals surface area contributed by atoms with Crippen LogP contribution < -0.4 is 11.1 Å². The topological polar surface area (TPSA) is 113 Å². The molecule has 1 saturated heterocycles. The number of piperidine rings is 1. The molecule has 1 rings (SSSR count). The summed E-state index contributed by atoms with van der Waals surface area (Å²) in [6, 6.07) is 0. The van der Waals surface area contributed by atoms with E-state index in [4.69, 9.17) is 10.8 Å². The Morgan fingerprint density at radius 2 is 1.95 bits per heavy atom. The molecule has 19 heavy (non-hydrogen) atoms. The molecular weight excluding hydrogens is 250 g/mol. The highest BCUT2D eigenvalue weighted by Crippen LogP contribution is 2.18.